The number of pyridine rings is 1. The average Bonchev–Trinajstić information content (AvgIpc) is 1.95. The van der Waals surface area contributed by atoms with E-state index in [1.165, 1.54) is 12.1 Å². The van der Waals surface area contributed by atoms with E-state index in [9.17, 15) is 4.79 Å². The van der Waals surface area contributed by atoms with Gasteiger partial charge in [-0.15, -0.1) is 11.6 Å². The minimum absolute atomic E-state index is 0.0332. The largest absolute Gasteiger partial charge is 0.353 e. The van der Waals surface area contributed by atoms with E-state index >= 15 is 0 Å². The molecule has 0 aromatic carbocycles. The fourth-order valence-corrected chi connectivity index (χ4v) is 0.885. The maximum Gasteiger partial charge on any atom is 0.181 e. The zero-order valence-corrected chi connectivity index (χ0v) is 6.21. The number of aryl methyl sites for hydroxylation is 1. The summed E-state index contributed by atoms with van der Waals surface area (Å²) in [6.07, 6.45) is 3.45. The molecule has 1 aromatic rings. The fraction of sp³-hybridized carbons (Fsp3) is 0.286. The molecule has 0 N–H and O–H groups in total. The summed E-state index contributed by atoms with van der Waals surface area (Å²) in [5.74, 6) is 0.572. The molecule has 0 fully saturated rings. The first-order valence-electron chi connectivity index (χ1n) is 3.05. The van der Waals surface area contributed by atoms with Gasteiger partial charge < -0.3 is 4.57 Å². The summed E-state index contributed by atoms with van der Waals surface area (Å²) in [7, 11) is 0. The molecule has 0 unspecified atom stereocenters. The van der Waals surface area contributed by atoms with Gasteiger partial charge in [0.05, 0.1) is 0 Å². The lowest BCUT2D eigenvalue weighted by molar-refractivity contribution is 0.759. The third kappa shape index (κ3) is 1.88. The number of nitrogens with zero attached hydrogens (tertiary/aromatic N) is 1. The van der Waals surface area contributed by atoms with Crippen molar-refractivity contribution in [1.82, 2.24) is 4.57 Å². The Morgan fingerprint density at radius 2 is 2.00 bits per heavy atom. The van der Waals surface area contributed by atoms with E-state index in [-0.39, 0.29) is 5.43 Å². The third-order valence-corrected chi connectivity index (χ3v) is 1.37. The smallest absolute Gasteiger partial charge is 0.181 e. The van der Waals surface area contributed by atoms with Crippen LogP contribution in [0.2, 0.25) is 0 Å². The number of aromatic nitrogens is 1. The van der Waals surface area contributed by atoms with Crippen molar-refractivity contribution >= 4 is 11.6 Å². The van der Waals surface area contributed by atoms with Crippen molar-refractivity contribution in [2.24, 2.45) is 0 Å². The van der Waals surface area contributed by atoms with Crippen LogP contribution in [0.25, 0.3) is 0 Å². The average molecular weight is 158 g/mol. The maximum atomic E-state index is 10.6. The molecule has 0 atom stereocenters. The van der Waals surface area contributed by atoms with E-state index in [0.29, 0.717) is 5.88 Å². The summed E-state index contributed by atoms with van der Waals surface area (Å²) in [5.41, 5.74) is 0.0332. The molecular weight excluding hydrogens is 150 g/mol. The lowest BCUT2D eigenvalue weighted by Gasteiger charge is -1.99. The Balaban J connectivity index is 2.79. The highest BCUT2D eigenvalue weighted by atomic mass is 35.5. The molecule has 0 saturated heterocycles. The highest BCUT2D eigenvalue weighted by molar-refractivity contribution is 6.17. The molecule has 10 heavy (non-hydrogen) atoms. The van der Waals surface area contributed by atoms with Gasteiger partial charge >= 0.3 is 0 Å². The van der Waals surface area contributed by atoms with Crippen LogP contribution in [0, 0.1) is 0 Å². The van der Waals surface area contributed by atoms with Crippen molar-refractivity contribution in [2.45, 2.75) is 6.54 Å². The second-order valence-electron chi connectivity index (χ2n) is 1.96. The maximum absolute atomic E-state index is 10.6. The Hall–Kier alpha value is -0.760. The van der Waals surface area contributed by atoms with E-state index in [1.807, 2.05) is 4.57 Å². The molecule has 0 spiro atoms. The lowest BCUT2D eigenvalue weighted by Crippen LogP contribution is -2.04. The zero-order valence-electron chi connectivity index (χ0n) is 5.46. The molecule has 1 heterocycles. The van der Waals surface area contributed by atoms with E-state index < -0.39 is 0 Å². The molecule has 0 radical (unpaired) electrons. The molecule has 1 rings (SSSR count). The van der Waals surface area contributed by atoms with E-state index in [4.69, 9.17) is 11.6 Å². The second-order valence-corrected chi connectivity index (χ2v) is 2.34. The van der Waals surface area contributed by atoms with Crippen molar-refractivity contribution < 1.29 is 0 Å². The Labute approximate surface area is 64.1 Å². The zero-order chi connectivity index (χ0) is 7.40. The van der Waals surface area contributed by atoms with Gasteiger partial charge in [0.1, 0.15) is 0 Å². The van der Waals surface area contributed by atoms with Crippen molar-refractivity contribution in [3.8, 4) is 0 Å². The number of rotatable bonds is 2. The van der Waals surface area contributed by atoms with Crippen LogP contribution in [-0.2, 0) is 6.54 Å². The number of halogens is 1. The first-order chi connectivity index (χ1) is 4.83. The summed E-state index contributed by atoms with van der Waals surface area (Å²) in [6.45, 7) is 0.752. The van der Waals surface area contributed by atoms with Crippen molar-refractivity contribution in [2.75, 3.05) is 5.88 Å². The SMILES string of the molecule is O=c1ccn(CCCl)cc1. The van der Waals surface area contributed by atoms with Crippen molar-refractivity contribution in [3.05, 3.63) is 34.7 Å². The summed E-state index contributed by atoms with van der Waals surface area (Å²) < 4.78 is 1.87. The first kappa shape index (κ1) is 7.35. The van der Waals surface area contributed by atoms with Crippen LogP contribution in [0.3, 0.4) is 0 Å². The standard InChI is InChI=1S/C7H8ClNO/c8-3-6-9-4-1-7(10)2-5-9/h1-2,4-5H,3,6H2. The van der Waals surface area contributed by atoms with E-state index in [0.717, 1.165) is 6.54 Å². The second kappa shape index (κ2) is 3.42. The van der Waals surface area contributed by atoms with Gasteiger partial charge in [0.15, 0.2) is 5.43 Å². The quantitative estimate of drug-likeness (QED) is 0.589. The Kier molecular flexibility index (Phi) is 2.51. The van der Waals surface area contributed by atoms with Gasteiger partial charge in [0.2, 0.25) is 0 Å². The highest BCUT2D eigenvalue weighted by Gasteiger charge is 1.85. The first-order valence-corrected chi connectivity index (χ1v) is 3.58. The predicted molar refractivity (Wildman–Crippen MR) is 41.4 cm³/mol. The number of hydrogen-bond donors (Lipinski definition) is 0. The van der Waals surface area contributed by atoms with Gasteiger partial charge in [-0.2, -0.15) is 0 Å². The number of hydrogen-bond acceptors (Lipinski definition) is 1. The van der Waals surface area contributed by atoms with Gasteiger partial charge in [-0.05, 0) is 0 Å². The third-order valence-electron chi connectivity index (χ3n) is 1.20. The summed E-state index contributed by atoms with van der Waals surface area (Å²) in [6, 6.07) is 3.04. The highest BCUT2D eigenvalue weighted by Crippen LogP contribution is 1.85. The van der Waals surface area contributed by atoms with Gasteiger partial charge in [-0.25, -0.2) is 0 Å². The van der Waals surface area contributed by atoms with Crippen LogP contribution in [0.1, 0.15) is 0 Å². The summed E-state index contributed by atoms with van der Waals surface area (Å²) in [5, 5.41) is 0. The normalized spacial score (nSPS) is 9.70. The minimum atomic E-state index is 0.0332. The topological polar surface area (TPSA) is 22.0 Å². The van der Waals surface area contributed by atoms with Crippen LogP contribution in [-0.4, -0.2) is 10.4 Å². The molecular formula is C7H8ClNO. The minimum Gasteiger partial charge on any atom is -0.353 e. The van der Waals surface area contributed by atoms with Crippen molar-refractivity contribution in [1.29, 1.82) is 0 Å². The van der Waals surface area contributed by atoms with Gasteiger partial charge in [-0.3, -0.25) is 4.79 Å². The molecule has 1 aromatic heterocycles. The molecule has 0 aliphatic carbocycles. The summed E-state index contributed by atoms with van der Waals surface area (Å²) >= 11 is 5.48. The van der Waals surface area contributed by atoms with Crippen LogP contribution < -0.4 is 5.43 Å². The molecule has 0 saturated carbocycles. The molecule has 3 heteroatoms. The molecule has 54 valence electrons. The van der Waals surface area contributed by atoms with Crippen LogP contribution in [0.15, 0.2) is 29.3 Å². The predicted octanol–water partition coefficient (Wildman–Crippen LogP) is 1.09. The Morgan fingerprint density at radius 3 is 2.50 bits per heavy atom. The molecule has 2 nitrogen and oxygen atoms in total. The van der Waals surface area contributed by atoms with Crippen LogP contribution in [0.4, 0.5) is 0 Å². The molecule has 0 amide bonds. The van der Waals surface area contributed by atoms with Gasteiger partial charge in [-0.1, -0.05) is 0 Å². The molecule has 0 aliphatic heterocycles. The lowest BCUT2D eigenvalue weighted by atomic mass is 10.5. The Morgan fingerprint density at radius 1 is 1.40 bits per heavy atom. The molecule has 0 bridgehead atoms. The fourth-order valence-electron chi connectivity index (χ4n) is 0.690. The summed E-state index contributed by atoms with van der Waals surface area (Å²) in [4.78, 5) is 10.6. The van der Waals surface area contributed by atoms with Crippen LogP contribution in [0.5, 0.6) is 0 Å². The van der Waals surface area contributed by atoms with Gasteiger partial charge in [0, 0.05) is 37.0 Å². The van der Waals surface area contributed by atoms with Crippen molar-refractivity contribution in [3.63, 3.8) is 0 Å². The van der Waals surface area contributed by atoms with Crippen LogP contribution >= 0.6 is 11.6 Å². The number of alkyl halides is 1. The molecule has 0 aliphatic rings. The Bertz CT molecular complexity index is 236. The van der Waals surface area contributed by atoms with Gasteiger partial charge in [0.25, 0.3) is 0 Å². The van der Waals surface area contributed by atoms with E-state index in [1.54, 1.807) is 12.4 Å². The monoisotopic (exact) mass is 157 g/mol. The van der Waals surface area contributed by atoms with E-state index in [2.05, 4.69) is 0 Å².